The molecule has 2 N–H and O–H groups in total. The first-order valence-corrected chi connectivity index (χ1v) is 6.44. The number of hydrogen-bond donors (Lipinski definition) is 1. The Bertz CT molecular complexity index is 621. The molecular formula is C14H17F3N4. The monoisotopic (exact) mass is 298 g/mol. The number of alkyl halides is 3. The van der Waals surface area contributed by atoms with E-state index in [0.29, 0.717) is 12.2 Å². The number of nitrogens with zero attached hydrogens (tertiary/aromatic N) is 3. The summed E-state index contributed by atoms with van der Waals surface area (Å²) in [7, 11) is 0. The van der Waals surface area contributed by atoms with E-state index in [1.165, 1.54) is 10.7 Å². The molecule has 0 aromatic carbocycles. The molecule has 0 amide bonds. The van der Waals surface area contributed by atoms with Crippen LogP contribution in [0.4, 0.5) is 19.0 Å². The van der Waals surface area contributed by atoms with Crippen molar-refractivity contribution in [1.82, 2.24) is 14.8 Å². The van der Waals surface area contributed by atoms with Crippen LogP contribution in [0.2, 0.25) is 0 Å². The molecule has 0 aliphatic carbocycles. The van der Waals surface area contributed by atoms with Gasteiger partial charge in [-0.15, -0.1) is 0 Å². The normalized spacial score (nSPS) is 12.7. The van der Waals surface area contributed by atoms with Gasteiger partial charge in [0.25, 0.3) is 0 Å². The fourth-order valence-corrected chi connectivity index (χ4v) is 1.94. The number of aromatic nitrogens is 3. The van der Waals surface area contributed by atoms with Gasteiger partial charge in [0, 0.05) is 12.3 Å². The Morgan fingerprint density at radius 1 is 1.19 bits per heavy atom. The molecule has 0 saturated carbocycles. The molecule has 4 nitrogen and oxygen atoms in total. The lowest BCUT2D eigenvalue weighted by Gasteiger charge is -2.15. The van der Waals surface area contributed by atoms with Gasteiger partial charge in [0.2, 0.25) is 0 Å². The van der Waals surface area contributed by atoms with E-state index in [0.717, 1.165) is 18.0 Å². The molecule has 0 aliphatic heterocycles. The summed E-state index contributed by atoms with van der Waals surface area (Å²) in [4.78, 5) is 3.79. The van der Waals surface area contributed by atoms with Crippen molar-refractivity contribution in [2.45, 2.75) is 33.4 Å². The maximum Gasteiger partial charge on any atom is 0.417 e. The Morgan fingerprint density at radius 2 is 1.86 bits per heavy atom. The van der Waals surface area contributed by atoms with Gasteiger partial charge in [-0.3, -0.25) is 0 Å². The smallest absolute Gasteiger partial charge is 0.384 e. The van der Waals surface area contributed by atoms with Crippen molar-refractivity contribution in [3.05, 3.63) is 35.7 Å². The Balaban J connectivity index is 2.30. The summed E-state index contributed by atoms with van der Waals surface area (Å²) in [5.41, 5.74) is 5.88. The lowest BCUT2D eigenvalue weighted by Crippen LogP contribution is -2.11. The van der Waals surface area contributed by atoms with Gasteiger partial charge in [0.05, 0.1) is 11.3 Å². The second-order valence-corrected chi connectivity index (χ2v) is 6.11. The van der Waals surface area contributed by atoms with E-state index in [9.17, 15) is 13.2 Å². The van der Waals surface area contributed by atoms with E-state index in [4.69, 9.17) is 5.73 Å². The van der Waals surface area contributed by atoms with E-state index in [1.54, 1.807) is 6.07 Å². The largest absolute Gasteiger partial charge is 0.417 e. The maximum atomic E-state index is 12.5. The molecule has 21 heavy (non-hydrogen) atoms. The average Bonchev–Trinajstić information content (AvgIpc) is 2.66. The summed E-state index contributed by atoms with van der Waals surface area (Å²) in [5.74, 6) is 0.613. The zero-order chi connectivity index (χ0) is 15.8. The van der Waals surface area contributed by atoms with Crippen molar-refractivity contribution >= 4 is 5.82 Å². The maximum absolute atomic E-state index is 12.5. The molecule has 0 saturated heterocycles. The molecule has 0 fully saturated rings. The van der Waals surface area contributed by atoms with Gasteiger partial charge in [-0.1, -0.05) is 20.8 Å². The SMILES string of the molecule is CC(C)(C)Cc1cc(N)n(-c2ccc(C(F)(F)F)cn2)n1. The van der Waals surface area contributed by atoms with Crippen LogP contribution in [0.5, 0.6) is 0 Å². The first-order valence-electron chi connectivity index (χ1n) is 6.44. The van der Waals surface area contributed by atoms with Crippen LogP contribution in [0, 0.1) is 5.41 Å². The molecule has 0 aliphatic rings. The zero-order valence-electron chi connectivity index (χ0n) is 12.1. The molecule has 2 heterocycles. The second-order valence-electron chi connectivity index (χ2n) is 6.11. The minimum Gasteiger partial charge on any atom is -0.384 e. The molecule has 0 bridgehead atoms. The van der Waals surface area contributed by atoms with Crippen molar-refractivity contribution in [3.8, 4) is 5.82 Å². The predicted molar refractivity (Wildman–Crippen MR) is 73.9 cm³/mol. The summed E-state index contributed by atoms with van der Waals surface area (Å²) in [6.07, 6.45) is -2.91. The summed E-state index contributed by atoms with van der Waals surface area (Å²) in [6.45, 7) is 6.20. The van der Waals surface area contributed by atoms with Gasteiger partial charge in [0.1, 0.15) is 5.82 Å². The molecule has 2 rings (SSSR count). The Hall–Kier alpha value is -2.05. The van der Waals surface area contributed by atoms with Crippen LogP contribution < -0.4 is 5.73 Å². The lowest BCUT2D eigenvalue weighted by molar-refractivity contribution is -0.137. The van der Waals surface area contributed by atoms with E-state index in [1.807, 2.05) is 0 Å². The van der Waals surface area contributed by atoms with Gasteiger partial charge in [-0.05, 0) is 24.0 Å². The minimum atomic E-state index is -4.40. The first kappa shape index (κ1) is 15.3. The van der Waals surface area contributed by atoms with Gasteiger partial charge in [0.15, 0.2) is 5.82 Å². The van der Waals surface area contributed by atoms with Crippen molar-refractivity contribution in [2.75, 3.05) is 5.73 Å². The number of hydrogen-bond acceptors (Lipinski definition) is 3. The van der Waals surface area contributed by atoms with Crippen LogP contribution in [-0.2, 0) is 12.6 Å². The van der Waals surface area contributed by atoms with Gasteiger partial charge in [-0.2, -0.15) is 23.0 Å². The van der Waals surface area contributed by atoms with E-state index < -0.39 is 11.7 Å². The highest BCUT2D eigenvalue weighted by Crippen LogP contribution is 2.29. The van der Waals surface area contributed by atoms with E-state index in [2.05, 4.69) is 30.9 Å². The highest BCUT2D eigenvalue weighted by molar-refractivity contribution is 5.40. The molecule has 2 aromatic rings. The molecule has 0 spiro atoms. The van der Waals surface area contributed by atoms with Gasteiger partial charge >= 0.3 is 6.18 Å². The quantitative estimate of drug-likeness (QED) is 0.923. The fourth-order valence-electron chi connectivity index (χ4n) is 1.94. The molecule has 2 aromatic heterocycles. The van der Waals surface area contributed by atoms with Gasteiger partial charge < -0.3 is 5.73 Å². The van der Waals surface area contributed by atoms with Gasteiger partial charge in [-0.25, -0.2) is 4.98 Å². The molecule has 0 unspecified atom stereocenters. The fraction of sp³-hybridized carbons (Fsp3) is 0.429. The molecular weight excluding hydrogens is 281 g/mol. The van der Waals surface area contributed by atoms with Crippen LogP contribution >= 0.6 is 0 Å². The molecule has 7 heteroatoms. The Morgan fingerprint density at radius 3 is 2.33 bits per heavy atom. The highest BCUT2D eigenvalue weighted by Gasteiger charge is 2.30. The average molecular weight is 298 g/mol. The van der Waals surface area contributed by atoms with Crippen LogP contribution in [0.15, 0.2) is 24.4 Å². The third-order valence-corrected chi connectivity index (χ3v) is 2.79. The third kappa shape index (κ3) is 3.74. The molecule has 114 valence electrons. The van der Waals surface area contributed by atoms with Crippen molar-refractivity contribution in [1.29, 1.82) is 0 Å². The molecule has 0 radical (unpaired) electrons. The van der Waals surface area contributed by atoms with Crippen LogP contribution in [0.25, 0.3) is 5.82 Å². The second kappa shape index (κ2) is 5.05. The summed E-state index contributed by atoms with van der Waals surface area (Å²) >= 11 is 0. The highest BCUT2D eigenvalue weighted by atomic mass is 19.4. The van der Waals surface area contributed by atoms with Crippen molar-refractivity contribution < 1.29 is 13.2 Å². The predicted octanol–water partition coefficient (Wildman–Crippen LogP) is 3.46. The summed E-state index contributed by atoms with van der Waals surface area (Å²) in [5, 5.41) is 4.31. The van der Waals surface area contributed by atoms with Crippen molar-refractivity contribution in [2.24, 2.45) is 5.41 Å². The van der Waals surface area contributed by atoms with Crippen LogP contribution in [-0.4, -0.2) is 14.8 Å². The van der Waals surface area contributed by atoms with E-state index in [-0.39, 0.29) is 11.2 Å². The number of pyridine rings is 1. The topological polar surface area (TPSA) is 56.7 Å². The number of anilines is 1. The zero-order valence-corrected chi connectivity index (χ0v) is 12.1. The number of nitrogens with two attached hydrogens (primary N) is 1. The number of halogens is 3. The number of nitrogen functional groups attached to an aromatic ring is 1. The minimum absolute atomic E-state index is 0.0409. The summed E-state index contributed by atoms with van der Waals surface area (Å²) < 4.78 is 38.9. The molecule has 0 atom stereocenters. The third-order valence-electron chi connectivity index (χ3n) is 2.79. The standard InChI is InChI=1S/C14H17F3N4/c1-13(2,3)7-10-6-11(18)21(20-10)12-5-4-9(8-19-12)14(15,16)17/h4-6,8H,7,18H2,1-3H3. The Labute approximate surface area is 120 Å². The number of rotatable bonds is 2. The van der Waals surface area contributed by atoms with Crippen LogP contribution in [0.1, 0.15) is 32.0 Å². The Kier molecular flexibility index (Phi) is 3.69. The lowest BCUT2D eigenvalue weighted by atomic mass is 9.91. The van der Waals surface area contributed by atoms with E-state index >= 15 is 0 Å². The first-order chi connectivity index (χ1) is 9.56. The summed E-state index contributed by atoms with van der Waals surface area (Å²) in [6, 6.07) is 3.94. The van der Waals surface area contributed by atoms with Crippen LogP contribution in [0.3, 0.4) is 0 Å². The van der Waals surface area contributed by atoms with Crippen molar-refractivity contribution in [3.63, 3.8) is 0 Å².